The van der Waals surface area contributed by atoms with E-state index in [-0.39, 0.29) is 0 Å². The van der Waals surface area contributed by atoms with Gasteiger partial charge in [-0.15, -0.1) is 0 Å². The normalized spacial score (nSPS) is 10.8. The Kier molecular flexibility index (Phi) is 4.81. The maximum absolute atomic E-state index is 5.89. The third-order valence-corrected chi connectivity index (χ3v) is 4.53. The van der Waals surface area contributed by atoms with Crippen molar-refractivity contribution < 1.29 is 4.74 Å². The van der Waals surface area contributed by atoms with Crippen molar-refractivity contribution in [2.24, 2.45) is 0 Å². The second-order valence-electron chi connectivity index (χ2n) is 5.79. The van der Waals surface area contributed by atoms with Crippen LogP contribution in [-0.2, 0) is 13.0 Å². The molecule has 0 bridgehead atoms. The van der Waals surface area contributed by atoms with Crippen LogP contribution in [0.15, 0.2) is 42.5 Å². The number of benzene rings is 2. The summed E-state index contributed by atoms with van der Waals surface area (Å²) in [5.41, 5.74) is 4.73. The average Bonchev–Trinajstić information content (AvgIpc) is 2.96. The van der Waals surface area contributed by atoms with Gasteiger partial charge >= 0.3 is 0 Å². The van der Waals surface area contributed by atoms with Crippen LogP contribution in [0.25, 0.3) is 5.69 Å². The zero-order chi connectivity index (χ0) is 17.1. The number of aromatic nitrogens is 3. The standard InChI is InChI=1S/C19H21N3OS/c1-4-15-8-10-16(11-9-15)23-12-18-20-21-19(24)22(18)17-7-5-6-13(2)14(17)3/h5-11H,4,12H2,1-3H3,(H,21,24). The lowest BCUT2D eigenvalue weighted by molar-refractivity contribution is 0.293. The number of H-pyrrole nitrogens is 1. The van der Waals surface area contributed by atoms with E-state index < -0.39 is 0 Å². The van der Waals surface area contributed by atoms with Crippen molar-refractivity contribution in [2.75, 3.05) is 0 Å². The molecule has 0 spiro atoms. The van der Waals surface area contributed by atoms with Crippen molar-refractivity contribution in [3.63, 3.8) is 0 Å². The highest BCUT2D eigenvalue weighted by molar-refractivity contribution is 7.71. The average molecular weight is 339 g/mol. The molecule has 1 aromatic heterocycles. The molecule has 0 saturated carbocycles. The molecule has 124 valence electrons. The predicted octanol–water partition coefficient (Wildman–Crippen LogP) is 4.69. The number of aromatic amines is 1. The lowest BCUT2D eigenvalue weighted by atomic mass is 10.1. The maximum atomic E-state index is 5.89. The fraction of sp³-hybridized carbons (Fsp3) is 0.263. The molecule has 3 rings (SSSR count). The molecule has 5 heteroatoms. The molecule has 0 atom stereocenters. The van der Waals surface area contributed by atoms with Crippen LogP contribution in [-0.4, -0.2) is 14.8 Å². The molecule has 0 amide bonds. The number of aryl methyl sites for hydroxylation is 2. The van der Waals surface area contributed by atoms with Gasteiger partial charge in [0.2, 0.25) is 0 Å². The van der Waals surface area contributed by atoms with Gasteiger partial charge in [0.1, 0.15) is 12.4 Å². The summed E-state index contributed by atoms with van der Waals surface area (Å²) < 4.78 is 8.40. The van der Waals surface area contributed by atoms with E-state index in [1.54, 1.807) is 0 Å². The molecule has 24 heavy (non-hydrogen) atoms. The topological polar surface area (TPSA) is 42.8 Å². The van der Waals surface area contributed by atoms with Gasteiger partial charge in [0.05, 0.1) is 5.69 Å². The van der Waals surface area contributed by atoms with Crippen molar-refractivity contribution in [2.45, 2.75) is 33.8 Å². The Morgan fingerprint density at radius 1 is 1.12 bits per heavy atom. The molecule has 0 aliphatic heterocycles. The summed E-state index contributed by atoms with van der Waals surface area (Å²) in [5, 5.41) is 7.21. The van der Waals surface area contributed by atoms with Crippen LogP contribution in [0, 0.1) is 18.6 Å². The third-order valence-electron chi connectivity index (χ3n) is 4.26. The molecule has 0 aliphatic carbocycles. The smallest absolute Gasteiger partial charge is 0.199 e. The maximum Gasteiger partial charge on any atom is 0.199 e. The SMILES string of the molecule is CCc1ccc(OCc2n[nH]c(=S)n2-c2cccc(C)c2C)cc1. The Balaban J connectivity index is 1.87. The van der Waals surface area contributed by atoms with Gasteiger partial charge in [0, 0.05) is 0 Å². The lowest BCUT2D eigenvalue weighted by Gasteiger charge is -2.12. The first kappa shape index (κ1) is 16.5. The number of nitrogens with zero attached hydrogens (tertiary/aromatic N) is 2. The van der Waals surface area contributed by atoms with Crippen LogP contribution in [0.1, 0.15) is 29.4 Å². The van der Waals surface area contributed by atoms with Gasteiger partial charge in [-0.3, -0.25) is 9.67 Å². The molecule has 0 saturated heterocycles. The van der Waals surface area contributed by atoms with E-state index in [1.807, 2.05) is 28.8 Å². The zero-order valence-electron chi connectivity index (χ0n) is 14.2. The molecular weight excluding hydrogens is 318 g/mol. The van der Waals surface area contributed by atoms with E-state index in [9.17, 15) is 0 Å². The minimum Gasteiger partial charge on any atom is -0.486 e. The van der Waals surface area contributed by atoms with Gasteiger partial charge < -0.3 is 4.74 Å². The van der Waals surface area contributed by atoms with E-state index in [0.717, 1.165) is 23.7 Å². The van der Waals surface area contributed by atoms with Gasteiger partial charge in [-0.1, -0.05) is 31.2 Å². The van der Waals surface area contributed by atoms with Crippen LogP contribution in [0.2, 0.25) is 0 Å². The van der Waals surface area contributed by atoms with Crippen LogP contribution in [0.5, 0.6) is 5.75 Å². The first-order valence-corrected chi connectivity index (χ1v) is 8.45. The van der Waals surface area contributed by atoms with E-state index >= 15 is 0 Å². The molecule has 2 aromatic carbocycles. The first-order valence-electron chi connectivity index (χ1n) is 8.04. The minimum atomic E-state index is 0.353. The van der Waals surface area contributed by atoms with Crippen LogP contribution < -0.4 is 4.74 Å². The second-order valence-corrected chi connectivity index (χ2v) is 6.17. The van der Waals surface area contributed by atoms with E-state index in [1.165, 1.54) is 16.7 Å². The summed E-state index contributed by atoms with van der Waals surface area (Å²) in [5.74, 6) is 1.59. The number of nitrogens with one attached hydrogen (secondary N) is 1. The Morgan fingerprint density at radius 2 is 1.88 bits per heavy atom. The van der Waals surface area contributed by atoms with Crippen molar-refractivity contribution in [3.8, 4) is 11.4 Å². The van der Waals surface area contributed by atoms with Crippen molar-refractivity contribution in [3.05, 3.63) is 69.8 Å². The van der Waals surface area contributed by atoms with Crippen molar-refractivity contribution in [1.29, 1.82) is 0 Å². The van der Waals surface area contributed by atoms with Crippen molar-refractivity contribution in [1.82, 2.24) is 14.8 Å². The molecule has 1 N–H and O–H groups in total. The lowest BCUT2D eigenvalue weighted by Crippen LogP contribution is -2.07. The minimum absolute atomic E-state index is 0.353. The summed E-state index contributed by atoms with van der Waals surface area (Å²) >= 11 is 5.41. The van der Waals surface area contributed by atoms with Gasteiger partial charge in [0.15, 0.2) is 10.6 Å². The van der Waals surface area contributed by atoms with Crippen molar-refractivity contribution >= 4 is 12.2 Å². The second kappa shape index (κ2) is 7.01. The fourth-order valence-electron chi connectivity index (χ4n) is 2.62. The molecule has 0 unspecified atom stereocenters. The third kappa shape index (κ3) is 3.26. The van der Waals surface area contributed by atoms with Crippen LogP contribution >= 0.6 is 12.2 Å². The number of hydrogen-bond acceptors (Lipinski definition) is 3. The van der Waals surface area contributed by atoms with Gasteiger partial charge in [-0.05, 0) is 67.4 Å². The summed E-state index contributed by atoms with van der Waals surface area (Å²) in [6.45, 7) is 6.67. The molecule has 0 aliphatic rings. The predicted molar refractivity (Wildman–Crippen MR) is 98.4 cm³/mol. The van der Waals surface area contributed by atoms with Crippen LogP contribution in [0.3, 0.4) is 0 Å². The number of ether oxygens (including phenoxy) is 1. The highest BCUT2D eigenvalue weighted by Gasteiger charge is 2.12. The fourth-order valence-corrected chi connectivity index (χ4v) is 2.87. The summed E-state index contributed by atoms with van der Waals surface area (Å²) in [7, 11) is 0. The molecular formula is C19H21N3OS. The summed E-state index contributed by atoms with van der Waals surface area (Å²) in [6, 6.07) is 14.3. The highest BCUT2D eigenvalue weighted by atomic mass is 32.1. The molecule has 1 heterocycles. The van der Waals surface area contributed by atoms with E-state index in [4.69, 9.17) is 17.0 Å². The molecule has 0 radical (unpaired) electrons. The quantitative estimate of drug-likeness (QED) is 0.686. The Morgan fingerprint density at radius 3 is 2.58 bits per heavy atom. The van der Waals surface area contributed by atoms with E-state index in [2.05, 4.69) is 49.2 Å². The Hall–Kier alpha value is -2.40. The Labute approximate surface area is 147 Å². The highest BCUT2D eigenvalue weighted by Crippen LogP contribution is 2.20. The number of hydrogen-bond donors (Lipinski definition) is 1. The zero-order valence-corrected chi connectivity index (χ0v) is 15.0. The van der Waals surface area contributed by atoms with Crippen LogP contribution in [0.4, 0.5) is 0 Å². The monoisotopic (exact) mass is 339 g/mol. The number of rotatable bonds is 5. The van der Waals surface area contributed by atoms with Gasteiger partial charge in [0.25, 0.3) is 0 Å². The molecule has 3 aromatic rings. The Bertz CT molecular complexity index is 894. The van der Waals surface area contributed by atoms with E-state index in [0.29, 0.717) is 11.4 Å². The first-order chi connectivity index (χ1) is 11.6. The van der Waals surface area contributed by atoms with Gasteiger partial charge in [-0.2, -0.15) is 5.10 Å². The summed E-state index contributed by atoms with van der Waals surface area (Å²) in [6.07, 6.45) is 1.02. The van der Waals surface area contributed by atoms with Gasteiger partial charge in [-0.25, -0.2) is 0 Å². The molecule has 4 nitrogen and oxygen atoms in total. The molecule has 0 fully saturated rings. The summed E-state index contributed by atoms with van der Waals surface area (Å²) in [4.78, 5) is 0. The largest absolute Gasteiger partial charge is 0.486 e.